The first-order valence-electron chi connectivity index (χ1n) is 6.22. The quantitative estimate of drug-likeness (QED) is 0.741. The van der Waals surface area contributed by atoms with Gasteiger partial charge in [0, 0.05) is 12.5 Å². The second-order valence-electron chi connectivity index (χ2n) is 4.74. The molecule has 0 aliphatic heterocycles. The smallest absolute Gasteiger partial charge is 0.229 e. The van der Waals surface area contributed by atoms with E-state index in [-0.39, 0.29) is 5.92 Å². The summed E-state index contributed by atoms with van der Waals surface area (Å²) in [6, 6.07) is 0. The van der Waals surface area contributed by atoms with Crippen molar-refractivity contribution in [2.75, 3.05) is 13.2 Å². The zero-order valence-electron chi connectivity index (χ0n) is 11.2. The van der Waals surface area contributed by atoms with Gasteiger partial charge in [0.1, 0.15) is 5.54 Å². The van der Waals surface area contributed by atoms with Crippen molar-refractivity contribution in [3.63, 3.8) is 0 Å². The Hall–Kier alpha value is -0.940. The van der Waals surface area contributed by atoms with Crippen molar-refractivity contribution in [2.24, 2.45) is 5.73 Å². The van der Waals surface area contributed by atoms with Crippen molar-refractivity contribution in [1.82, 2.24) is 10.1 Å². The lowest BCUT2D eigenvalue weighted by Gasteiger charge is -2.19. The van der Waals surface area contributed by atoms with Crippen LogP contribution >= 0.6 is 0 Å². The van der Waals surface area contributed by atoms with Crippen molar-refractivity contribution in [3.8, 4) is 0 Å². The minimum atomic E-state index is -0.690. The van der Waals surface area contributed by atoms with Gasteiger partial charge in [-0.05, 0) is 19.8 Å². The van der Waals surface area contributed by atoms with Gasteiger partial charge in [-0.15, -0.1) is 0 Å². The van der Waals surface area contributed by atoms with E-state index in [1.165, 1.54) is 0 Å². The highest BCUT2D eigenvalue weighted by Gasteiger charge is 2.28. The van der Waals surface area contributed by atoms with Gasteiger partial charge in [0.2, 0.25) is 5.89 Å². The van der Waals surface area contributed by atoms with Crippen molar-refractivity contribution in [2.45, 2.75) is 52.0 Å². The summed E-state index contributed by atoms with van der Waals surface area (Å²) >= 11 is 0. The van der Waals surface area contributed by atoms with E-state index in [0.29, 0.717) is 24.9 Å². The number of rotatable bonds is 7. The highest BCUT2D eigenvalue weighted by molar-refractivity contribution is 5.03. The predicted octanol–water partition coefficient (Wildman–Crippen LogP) is 2.18. The summed E-state index contributed by atoms with van der Waals surface area (Å²) in [5.41, 5.74) is 5.43. The number of aromatic nitrogens is 2. The molecule has 0 amide bonds. The van der Waals surface area contributed by atoms with Crippen LogP contribution in [-0.4, -0.2) is 23.4 Å². The molecule has 98 valence electrons. The first-order valence-corrected chi connectivity index (χ1v) is 6.22. The molecule has 0 aliphatic rings. The Balaban J connectivity index is 2.67. The van der Waals surface area contributed by atoms with Crippen LogP contribution in [0.15, 0.2) is 4.52 Å². The average Bonchev–Trinajstić information content (AvgIpc) is 2.78. The maximum atomic E-state index is 6.12. The Bertz CT molecular complexity index is 336. The molecule has 0 aromatic carbocycles. The van der Waals surface area contributed by atoms with E-state index in [0.717, 1.165) is 12.8 Å². The first kappa shape index (κ1) is 14.1. The van der Waals surface area contributed by atoms with Crippen LogP contribution in [0.4, 0.5) is 0 Å². The fourth-order valence-electron chi connectivity index (χ4n) is 1.34. The van der Waals surface area contributed by atoms with Gasteiger partial charge < -0.3 is 15.0 Å². The number of hydrogen-bond acceptors (Lipinski definition) is 5. The maximum Gasteiger partial charge on any atom is 0.229 e. The minimum Gasteiger partial charge on any atom is -0.379 e. The van der Waals surface area contributed by atoms with Crippen LogP contribution in [-0.2, 0) is 10.3 Å². The third-order valence-corrected chi connectivity index (χ3v) is 2.74. The van der Waals surface area contributed by atoms with Gasteiger partial charge in [-0.3, -0.25) is 0 Å². The van der Waals surface area contributed by atoms with E-state index >= 15 is 0 Å². The second-order valence-corrected chi connectivity index (χ2v) is 4.74. The Morgan fingerprint density at radius 3 is 2.76 bits per heavy atom. The summed E-state index contributed by atoms with van der Waals surface area (Å²) in [5.74, 6) is 1.43. The fraction of sp³-hybridized carbons (Fsp3) is 0.833. The van der Waals surface area contributed by atoms with Crippen LogP contribution in [0, 0.1) is 0 Å². The molecular formula is C12H23N3O2. The van der Waals surface area contributed by atoms with Gasteiger partial charge in [-0.1, -0.05) is 25.9 Å². The lowest BCUT2D eigenvalue weighted by molar-refractivity contribution is 0.0867. The van der Waals surface area contributed by atoms with Crippen molar-refractivity contribution < 1.29 is 9.26 Å². The second kappa shape index (κ2) is 6.12. The molecule has 2 N–H and O–H groups in total. The highest BCUT2D eigenvalue weighted by atomic mass is 16.5. The third kappa shape index (κ3) is 3.78. The summed E-state index contributed by atoms with van der Waals surface area (Å²) in [6.45, 7) is 9.15. The molecule has 0 saturated heterocycles. The monoisotopic (exact) mass is 241 g/mol. The number of nitrogens with two attached hydrogens (primary N) is 1. The molecule has 2 atom stereocenters. The van der Waals surface area contributed by atoms with E-state index in [4.69, 9.17) is 15.0 Å². The largest absolute Gasteiger partial charge is 0.379 e. The molecule has 0 radical (unpaired) electrons. The number of ether oxygens (including phenoxy) is 1. The van der Waals surface area contributed by atoms with Crippen LogP contribution in [0.2, 0.25) is 0 Å². The summed E-state index contributed by atoms with van der Waals surface area (Å²) in [4.78, 5) is 4.35. The van der Waals surface area contributed by atoms with Crippen molar-refractivity contribution >= 4 is 0 Å². The SMILES string of the molecule is CCCOCC(C)(N)c1noc(C(C)CC)n1. The van der Waals surface area contributed by atoms with Crippen LogP contribution in [0.25, 0.3) is 0 Å². The normalized spacial score (nSPS) is 16.8. The van der Waals surface area contributed by atoms with Gasteiger partial charge in [0.15, 0.2) is 5.82 Å². The molecular weight excluding hydrogens is 218 g/mol. The molecule has 2 unspecified atom stereocenters. The van der Waals surface area contributed by atoms with E-state index in [9.17, 15) is 0 Å². The van der Waals surface area contributed by atoms with Gasteiger partial charge >= 0.3 is 0 Å². The fourth-order valence-corrected chi connectivity index (χ4v) is 1.34. The molecule has 1 aromatic heterocycles. The third-order valence-electron chi connectivity index (χ3n) is 2.74. The number of hydrogen-bond donors (Lipinski definition) is 1. The molecule has 1 heterocycles. The van der Waals surface area contributed by atoms with Crippen molar-refractivity contribution in [3.05, 3.63) is 11.7 Å². The van der Waals surface area contributed by atoms with Crippen molar-refractivity contribution in [1.29, 1.82) is 0 Å². The van der Waals surface area contributed by atoms with Crippen LogP contribution in [0.5, 0.6) is 0 Å². The molecule has 0 spiro atoms. The van der Waals surface area contributed by atoms with Gasteiger partial charge in [-0.25, -0.2) is 0 Å². The van der Waals surface area contributed by atoms with Gasteiger partial charge in [0.05, 0.1) is 6.61 Å². The molecule has 0 aliphatic carbocycles. The average molecular weight is 241 g/mol. The highest BCUT2D eigenvalue weighted by Crippen LogP contribution is 2.20. The first-order chi connectivity index (χ1) is 8.01. The summed E-state index contributed by atoms with van der Waals surface area (Å²) < 4.78 is 10.7. The summed E-state index contributed by atoms with van der Waals surface area (Å²) in [6.07, 6.45) is 1.94. The van der Waals surface area contributed by atoms with E-state index in [2.05, 4.69) is 30.9 Å². The maximum absolute atomic E-state index is 6.12. The van der Waals surface area contributed by atoms with Crippen LogP contribution in [0.3, 0.4) is 0 Å². The molecule has 1 rings (SSSR count). The van der Waals surface area contributed by atoms with Crippen LogP contribution < -0.4 is 5.73 Å². The molecule has 0 fully saturated rings. The van der Waals surface area contributed by atoms with Gasteiger partial charge in [0.25, 0.3) is 0 Å². The molecule has 1 aromatic rings. The zero-order chi connectivity index (χ0) is 12.9. The zero-order valence-corrected chi connectivity index (χ0v) is 11.2. The van der Waals surface area contributed by atoms with E-state index in [1.807, 2.05) is 6.92 Å². The standard InChI is InChI=1S/C12H23N3O2/c1-5-7-16-8-12(4,13)11-14-10(17-15-11)9(3)6-2/h9H,5-8,13H2,1-4H3. The lowest BCUT2D eigenvalue weighted by atomic mass is 10.0. The van der Waals surface area contributed by atoms with E-state index < -0.39 is 5.54 Å². The number of nitrogens with zero attached hydrogens (tertiary/aromatic N) is 2. The Morgan fingerprint density at radius 2 is 2.18 bits per heavy atom. The Morgan fingerprint density at radius 1 is 1.47 bits per heavy atom. The molecule has 5 nitrogen and oxygen atoms in total. The van der Waals surface area contributed by atoms with Gasteiger partial charge in [-0.2, -0.15) is 4.98 Å². The summed E-state index contributed by atoms with van der Waals surface area (Å²) in [7, 11) is 0. The molecule has 17 heavy (non-hydrogen) atoms. The topological polar surface area (TPSA) is 74.2 Å². The summed E-state index contributed by atoms with van der Waals surface area (Å²) in [5, 5.41) is 3.94. The Labute approximate surface area is 103 Å². The molecule has 5 heteroatoms. The Kier molecular flexibility index (Phi) is 5.08. The lowest BCUT2D eigenvalue weighted by Crippen LogP contribution is -2.39. The predicted molar refractivity (Wildman–Crippen MR) is 65.7 cm³/mol. The minimum absolute atomic E-state index is 0.267. The molecule has 0 bridgehead atoms. The molecule has 0 saturated carbocycles. The van der Waals surface area contributed by atoms with Crippen LogP contribution in [0.1, 0.15) is 58.2 Å². The van der Waals surface area contributed by atoms with E-state index in [1.54, 1.807) is 0 Å².